The Hall–Kier alpha value is -5.64. The first-order valence-electron chi connectivity index (χ1n) is 16.0. The molecule has 0 radical (unpaired) electrons. The van der Waals surface area contributed by atoms with E-state index in [-0.39, 0.29) is 31.8 Å². The smallest absolute Gasteiger partial charge is 0.352 e. The SMILES string of the molecule is C.CCO/C=C(/C#N)C(=O)OCC.CCOC(=O)/C(C#N)=C/Nc1ccc(OC)c(OCCCOC)c1.COCCCOc1cc(N)ccc1OC. The highest BCUT2D eigenvalue weighted by atomic mass is 16.5. The van der Waals surface area contributed by atoms with Crippen LogP contribution in [0.25, 0.3) is 0 Å². The molecule has 0 amide bonds. The molecular formula is C37H54N4O11. The Labute approximate surface area is 307 Å². The van der Waals surface area contributed by atoms with Gasteiger partial charge >= 0.3 is 11.9 Å². The number of nitrogen functional groups attached to an aromatic ring is 1. The van der Waals surface area contributed by atoms with Crippen molar-refractivity contribution < 1.29 is 52.2 Å². The van der Waals surface area contributed by atoms with Crippen LogP contribution >= 0.6 is 0 Å². The van der Waals surface area contributed by atoms with Crippen LogP contribution in [0.1, 0.15) is 41.0 Å². The maximum absolute atomic E-state index is 11.6. The summed E-state index contributed by atoms with van der Waals surface area (Å²) >= 11 is 0. The van der Waals surface area contributed by atoms with Gasteiger partial charge in [-0.1, -0.05) is 7.43 Å². The zero-order chi connectivity index (χ0) is 38.3. The van der Waals surface area contributed by atoms with Gasteiger partial charge in [0.25, 0.3) is 0 Å². The molecule has 2 rings (SSSR count). The molecule has 0 aromatic heterocycles. The molecule has 2 aromatic carbocycles. The lowest BCUT2D eigenvalue weighted by Crippen LogP contribution is -2.08. The van der Waals surface area contributed by atoms with Gasteiger partial charge in [0.05, 0.1) is 47.3 Å². The lowest BCUT2D eigenvalue weighted by atomic mass is 10.2. The van der Waals surface area contributed by atoms with E-state index < -0.39 is 11.9 Å². The Balaban J connectivity index is 0. The number of esters is 2. The summed E-state index contributed by atoms with van der Waals surface area (Å²) < 4.78 is 45.6. The number of nitrogens with zero attached hydrogens (tertiary/aromatic N) is 2. The fourth-order valence-electron chi connectivity index (χ4n) is 3.45. The van der Waals surface area contributed by atoms with Gasteiger partial charge in [-0.05, 0) is 45.0 Å². The number of ether oxygens (including phenoxy) is 9. The number of carbonyl (C=O) groups excluding carboxylic acids is 2. The first-order valence-corrected chi connectivity index (χ1v) is 16.0. The molecule has 0 saturated heterocycles. The summed E-state index contributed by atoms with van der Waals surface area (Å²) in [6, 6.07) is 14.0. The van der Waals surface area contributed by atoms with Crippen molar-refractivity contribution in [1.82, 2.24) is 0 Å². The third kappa shape index (κ3) is 20.8. The number of rotatable bonds is 20. The number of anilines is 2. The molecule has 0 bridgehead atoms. The quantitative estimate of drug-likeness (QED) is 0.0412. The lowest BCUT2D eigenvalue weighted by Gasteiger charge is -2.12. The molecule has 2 aromatic rings. The summed E-state index contributed by atoms with van der Waals surface area (Å²) in [5.74, 6) is 1.20. The van der Waals surface area contributed by atoms with Crippen LogP contribution in [0.2, 0.25) is 0 Å². The van der Waals surface area contributed by atoms with E-state index in [1.54, 1.807) is 97.7 Å². The minimum absolute atomic E-state index is 0. The average Bonchev–Trinajstić information content (AvgIpc) is 3.13. The minimum Gasteiger partial charge on any atom is -0.500 e. The summed E-state index contributed by atoms with van der Waals surface area (Å²) in [5.41, 5.74) is 6.74. The van der Waals surface area contributed by atoms with Gasteiger partial charge in [0.2, 0.25) is 0 Å². The molecule has 0 aliphatic heterocycles. The molecule has 0 unspecified atom stereocenters. The second kappa shape index (κ2) is 31.3. The van der Waals surface area contributed by atoms with Crippen molar-refractivity contribution in [2.45, 2.75) is 41.0 Å². The van der Waals surface area contributed by atoms with Gasteiger partial charge in [-0.3, -0.25) is 0 Å². The van der Waals surface area contributed by atoms with E-state index in [1.165, 1.54) is 6.20 Å². The number of benzene rings is 2. The van der Waals surface area contributed by atoms with E-state index in [2.05, 4.69) is 10.1 Å². The Morgan fingerprint density at radius 3 is 1.67 bits per heavy atom. The van der Waals surface area contributed by atoms with Crippen molar-refractivity contribution in [3.8, 4) is 35.1 Å². The topological polar surface area (TPSA) is 203 Å². The molecule has 0 heterocycles. The molecule has 52 heavy (non-hydrogen) atoms. The van der Waals surface area contributed by atoms with Crippen molar-refractivity contribution in [1.29, 1.82) is 10.5 Å². The molecule has 0 aliphatic rings. The van der Waals surface area contributed by atoms with E-state index in [9.17, 15) is 9.59 Å². The number of hydrogen-bond acceptors (Lipinski definition) is 15. The molecule has 0 fully saturated rings. The van der Waals surface area contributed by atoms with Gasteiger partial charge < -0.3 is 53.7 Å². The van der Waals surface area contributed by atoms with E-state index in [1.807, 2.05) is 0 Å². The number of hydrogen-bond donors (Lipinski definition) is 2. The first-order chi connectivity index (χ1) is 24.7. The Morgan fingerprint density at radius 1 is 0.712 bits per heavy atom. The zero-order valence-corrected chi connectivity index (χ0v) is 30.4. The number of nitrogens with two attached hydrogens (primary N) is 1. The maximum Gasteiger partial charge on any atom is 0.352 e. The van der Waals surface area contributed by atoms with Gasteiger partial charge in [-0.2, -0.15) is 10.5 Å². The second-order valence-electron chi connectivity index (χ2n) is 9.52. The molecule has 288 valence electrons. The lowest BCUT2D eigenvalue weighted by molar-refractivity contribution is -0.139. The molecule has 0 saturated carbocycles. The van der Waals surface area contributed by atoms with Crippen LogP contribution in [0, 0.1) is 22.7 Å². The molecule has 0 atom stereocenters. The van der Waals surface area contributed by atoms with Gasteiger partial charge in [0.15, 0.2) is 34.1 Å². The fraction of sp³-hybridized carbons (Fsp3) is 0.459. The largest absolute Gasteiger partial charge is 0.500 e. The summed E-state index contributed by atoms with van der Waals surface area (Å²) in [6.45, 7) is 8.36. The van der Waals surface area contributed by atoms with Gasteiger partial charge in [0, 0.05) is 70.0 Å². The van der Waals surface area contributed by atoms with E-state index in [0.29, 0.717) is 67.4 Å². The number of carbonyl (C=O) groups is 2. The third-order valence-corrected chi connectivity index (χ3v) is 5.83. The maximum atomic E-state index is 11.6. The van der Waals surface area contributed by atoms with Crippen molar-refractivity contribution in [2.75, 3.05) is 85.7 Å². The van der Waals surface area contributed by atoms with Gasteiger partial charge in [-0.25, -0.2) is 9.59 Å². The van der Waals surface area contributed by atoms with Crippen LogP contribution in [0.3, 0.4) is 0 Å². The third-order valence-electron chi connectivity index (χ3n) is 5.83. The standard InChI is InChI=1S/C17H22N2O5.C11H17NO3.C8H11NO3.CH4/c1-4-23-17(20)13(11-18)12-19-14-6-7-15(22-3)16(10-14)24-9-5-8-21-2;1-13-6-3-7-15-11-8-9(12)4-5-10(11)14-2;1-3-11-6-7(5-9)8(10)12-4-2;/h6-7,10,12,19H,4-5,8-9H2,1-3H3;4-5,8H,3,6-7,12H2,1-2H3;6H,3-4H2,1-2H3;1H4/b13-12+;;7-6-;. The van der Waals surface area contributed by atoms with Crippen LogP contribution in [0.15, 0.2) is 60.0 Å². The molecule has 15 heteroatoms. The van der Waals surface area contributed by atoms with Crippen molar-refractivity contribution in [3.63, 3.8) is 0 Å². The fourth-order valence-corrected chi connectivity index (χ4v) is 3.45. The highest BCUT2D eigenvalue weighted by molar-refractivity contribution is 5.93. The van der Waals surface area contributed by atoms with Crippen LogP contribution < -0.4 is 30.0 Å². The minimum atomic E-state index is -0.669. The predicted molar refractivity (Wildman–Crippen MR) is 197 cm³/mol. The monoisotopic (exact) mass is 730 g/mol. The van der Waals surface area contributed by atoms with Crippen molar-refractivity contribution in [3.05, 3.63) is 60.0 Å². The number of nitrogens with one attached hydrogen (secondary N) is 1. The number of methoxy groups -OCH3 is 4. The van der Waals surface area contributed by atoms with Gasteiger partial charge in [-0.15, -0.1) is 0 Å². The summed E-state index contributed by atoms with van der Waals surface area (Å²) in [5, 5.41) is 20.3. The van der Waals surface area contributed by atoms with Gasteiger partial charge in [0.1, 0.15) is 18.4 Å². The molecule has 0 aliphatic carbocycles. The molecule has 15 nitrogen and oxygen atoms in total. The second-order valence-corrected chi connectivity index (χ2v) is 9.52. The Morgan fingerprint density at radius 2 is 1.21 bits per heavy atom. The Bertz CT molecular complexity index is 1450. The first kappa shape index (κ1) is 48.5. The summed E-state index contributed by atoms with van der Waals surface area (Å²) in [6.07, 6.45) is 4.00. The van der Waals surface area contributed by atoms with Crippen LogP contribution in [0.5, 0.6) is 23.0 Å². The van der Waals surface area contributed by atoms with Crippen LogP contribution in [-0.4, -0.2) is 86.6 Å². The molecule has 3 N–H and O–H groups in total. The average molecular weight is 731 g/mol. The normalized spacial score (nSPS) is 10.2. The van der Waals surface area contributed by atoms with E-state index in [4.69, 9.17) is 54.2 Å². The van der Waals surface area contributed by atoms with E-state index in [0.717, 1.165) is 19.1 Å². The van der Waals surface area contributed by atoms with Crippen molar-refractivity contribution in [2.24, 2.45) is 0 Å². The zero-order valence-electron chi connectivity index (χ0n) is 30.4. The van der Waals surface area contributed by atoms with Crippen LogP contribution in [0.4, 0.5) is 11.4 Å². The number of nitriles is 2. The summed E-state index contributed by atoms with van der Waals surface area (Å²) in [7, 11) is 6.46. The van der Waals surface area contributed by atoms with E-state index >= 15 is 0 Å². The van der Waals surface area contributed by atoms with Crippen molar-refractivity contribution >= 4 is 23.3 Å². The van der Waals surface area contributed by atoms with Crippen LogP contribution in [-0.2, 0) is 33.3 Å². The summed E-state index contributed by atoms with van der Waals surface area (Å²) in [4.78, 5) is 22.4. The molecule has 0 spiro atoms. The molecular weight excluding hydrogens is 676 g/mol. The Kier molecular flexibility index (Phi) is 29.2. The highest BCUT2D eigenvalue weighted by Gasteiger charge is 2.11. The predicted octanol–water partition coefficient (Wildman–Crippen LogP) is 5.82. The highest BCUT2D eigenvalue weighted by Crippen LogP contribution is 2.31.